The predicted molar refractivity (Wildman–Crippen MR) is 112 cm³/mol. The minimum atomic E-state index is -0.673. The Morgan fingerprint density at radius 1 is 1.10 bits per heavy atom. The van der Waals surface area contributed by atoms with Crippen molar-refractivity contribution in [1.29, 1.82) is 0 Å². The first kappa shape index (κ1) is 22.4. The van der Waals surface area contributed by atoms with Crippen LogP contribution in [0.4, 0.5) is 5.69 Å². The molecule has 0 unspecified atom stereocenters. The van der Waals surface area contributed by atoms with E-state index in [0.717, 1.165) is 12.8 Å². The van der Waals surface area contributed by atoms with Crippen LogP contribution in [-0.4, -0.2) is 36.4 Å². The topological polar surface area (TPSA) is 97.4 Å². The summed E-state index contributed by atoms with van der Waals surface area (Å²) in [5.41, 5.74) is 1.63. The molecule has 0 fully saturated rings. The highest BCUT2D eigenvalue weighted by Gasteiger charge is 2.23. The van der Waals surface area contributed by atoms with Crippen LogP contribution >= 0.6 is 11.6 Å². The number of unbranched alkanes of at least 4 members (excludes halogenated alkanes) is 1. The van der Waals surface area contributed by atoms with Crippen LogP contribution in [-0.2, 0) is 4.74 Å². The molecule has 0 aliphatic rings. The van der Waals surface area contributed by atoms with E-state index in [2.05, 4.69) is 15.6 Å². The largest absolute Gasteiger partial charge is 0.465 e. The molecule has 29 heavy (non-hydrogen) atoms. The molecule has 1 heterocycles. The van der Waals surface area contributed by atoms with Crippen LogP contribution in [0.25, 0.3) is 0 Å². The van der Waals surface area contributed by atoms with Gasteiger partial charge in [-0.05, 0) is 44.0 Å². The van der Waals surface area contributed by atoms with Gasteiger partial charge in [-0.15, -0.1) is 0 Å². The number of methoxy groups -OCH3 is 1. The fourth-order valence-corrected chi connectivity index (χ4v) is 2.94. The number of nitrogens with zero attached hydrogens (tertiary/aromatic N) is 1. The fourth-order valence-electron chi connectivity index (χ4n) is 2.70. The Labute approximate surface area is 174 Å². The smallest absolute Gasteiger partial charge is 0.341 e. The highest BCUT2D eigenvalue weighted by atomic mass is 35.5. The Kier molecular flexibility index (Phi) is 7.73. The summed E-state index contributed by atoms with van der Waals surface area (Å²) in [6.07, 6.45) is 1.75. The van der Waals surface area contributed by atoms with Crippen LogP contribution in [0.2, 0.25) is 5.02 Å². The molecule has 2 N–H and O–H groups in total. The molecule has 2 rings (SSSR count). The van der Waals surface area contributed by atoms with Crippen LogP contribution in [0.1, 0.15) is 62.2 Å². The van der Waals surface area contributed by atoms with Crippen molar-refractivity contribution < 1.29 is 19.1 Å². The maximum Gasteiger partial charge on any atom is 0.341 e. The number of carbonyl (C=O) groups is 3. The van der Waals surface area contributed by atoms with E-state index in [1.807, 2.05) is 6.92 Å². The van der Waals surface area contributed by atoms with Crippen LogP contribution in [0.15, 0.2) is 24.3 Å². The minimum absolute atomic E-state index is 0.0258. The van der Waals surface area contributed by atoms with E-state index in [-0.39, 0.29) is 27.5 Å². The van der Waals surface area contributed by atoms with Gasteiger partial charge in [-0.3, -0.25) is 9.59 Å². The average molecular weight is 418 g/mol. The Balaban J connectivity index is 2.41. The van der Waals surface area contributed by atoms with Crippen LogP contribution < -0.4 is 10.6 Å². The summed E-state index contributed by atoms with van der Waals surface area (Å²) in [6, 6.07) is 6.41. The molecule has 154 valence electrons. The van der Waals surface area contributed by atoms with Gasteiger partial charge in [0, 0.05) is 12.2 Å². The molecule has 0 saturated carbocycles. The Morgan fingerprint density at radius 3 is 2.48 bits per heavy atom. The molecule has 0 atom stereocenters. The summed E-state index contributed by atoms with van der Waals surface area (Å²) in [7, 11) is 1.23. The Bertz CT molecular complexity index is 944. The number of carbonyl (C=O) groups excluding carboxylic acids is 3. The molecule has 2 amide bonds. The van der Waals surface area contributed by atoms with Crippen molar-refractivity contribution in [3.8, 4) is 0 Å². The normalized spacial score (nSPS) is 10.4. The molecular formula is C21H24ClN3O4. The van der Waals surface area contributed by atoms with E-state index >= 15 is 0 Å². The summed E-state index contributed by atoms with van der Waals surface area (Å²) < 4.78 is 4.78. The zero-order chi connectivity index (χ0) is 21.6. The van der Waals surface area contributed by atoms with Gasteiger partial charge in [0.15, 0.2) is 0 Å². The van der Waals surface area contributed by atoms with Gasteiger partial charge in [-0.25, -0.2) is 9.78 Å². The molecule has 1 aromatic heterocycles. The molecular weight excluding hydrogens is 394 g/mol. The third-order valence-electron chi connectivity index (χ3n) is 4.30. The van der Waals surface area contributed by atoms with E-state index in [0.29, 0.717) is 17.8 Å². The molecule has 2 aromatic rings. The lowest BCUT2D eigenvalue weighted by Gasteiger charge is -2.15. The van der Waals surface area contributed by atoms with E-state index in [1.54, 1.807) is 32.0 Å². The van der Waals surface area contributed by atoms with Crippen molar-refractivity contribution in [2.24, 2.45) is 0 Å². The number of ether oxygens (including phenoxy) is 1. The number of anilines is 1. The Morgan fingerprint density at radius 2 is 1.83 bits per heavy atom. The van der Waals surface area contributed by atoms with Crippen molar-refractivity contribution in [2.75, 3.05) is 19.0 Å². The van der Waals surface area contributed by atoms with Crippen molar-refractivity contribution in [2.45, 2.75) is 33.6 Å². The van der Waals surface area contributed by atoms with Crippen molar-refractivity contribution in [1.82, 2.24) is 10.3 Å². The van der Waals surface area contributed by atoms with E-state index in [4.69, 9.17) is 16.3 Å². The molecule has 0 aliphatic heterocycles. The highest BCUT2D eigenvalue weighted by Crippen LogP contribution is 2.29. The summed E-state index contributed by atoms with van der Waals surface area (Å²) in [4.78, 5) is 41.9. The summed E-state index contributed by atoms with van der Waals surface area (Å²) in [5.74, 6) is -1.68. The molecule has 0 bridgehead atoms. The lowest BCUT2D eigenvalue weighted by atomic mass is 10.1. The maximum absolute atomic E-state index is 13.0. The number of amides is 2. The first-order valence-electron chi connectivity index (χ1n) is 9.24. The van der Waals surface area contributed by atoms with Crippen molar-refractivity contribution in [3.05, 3.63) is 57.4 Å². The van der Waals surface area contributed by atoms with E-state index in [9.17, 15) is 14.4 Å². The first-order valence-corrected chi connectivity index (χ1v) is 9.62. The van der Waals surface area contributed by atoms with Gasteiger partial charge in [0.05, 0.1) is 23.4 Å². The highest BCUT2D eigenvalue weighted by molar-refractivity contribution is 6.34. The molecule has 0 spiro atoms. The number of aromatic nitrogens is 1. The lowest BCUT2D eigenvalue weighted by molar-refractivity contribution is 0.0602. The molecule has 8 heteroatoms. The van der Waals surface area contributed by atoms with Gasteiger partial charge < -0.3 is 15.4 Å². The number of halogens is 1. The predicted octanol–water partition coefficient (Wildman–Crippen LogP) is 3.92. The number of nitrogens with one attached hydrogen (secondary N) is 2. The zero-order valence-corrected chi connectivity index (χ0v) is 17.6. The van der Waals surface area contributed by atoms with E-state index < -0.39 is 17.8 Å². The fraction of sp³-hybridized carbons (Fsp3) is 0.333. The number of hydrogen-bond donors (Lipinski definition) is 2. The average Bonchev–Trinajstić information content (AvgIpc) is 2.70. The summed E-state index contributed by atoms with van der Waals surface area (Å²) >= 11 is 6.15. The molecule has 0 saturated heterocycles. The zero-order valence-electron chi connectivity index (χ0n) is 16.9. The Hall–Kier alpha value is -2.93. The number of benzene rings is 1. The third-order valence-corrected chi connectivity index (χ3v) is 4.62. The number of hydrogen-bond acceptors (Lipinski definition) is 5. The SMILES string of the molecule is CCCCNC(=O)c1nc(C)ccc1C(=O)Nc1c(C)ccc(Cl)c1C(=O)OC. The lowest BCUT2D eigenvalue weighted by Crippen LogP contribution is -2.29. The molecule has 7 nitrogen and oxygen atoms in total. The van der Waals surface area contributed by atoms with Gasteiger partial charge in [-0.2, -0.15) is 0 Å². The third kappa shape index (κ3) is 5.32. The summed E-state index contributed by atoms with van der Waals surface area (Å²) in [6.45, 7) is 5.97. The van der Waals surface area contributed by atoms with Gasteiger partial charge in [0.2, 0.25) is 0 Å². The van der Waals surface area contributed by atoms with Crippen LogP contribution in [0.3, 0.4) is 0 Å². The first-order chi connectivity index (χ1) is 13.8. The number of esters is 1. The van der Waals surface area contributed by atoms with Crippen LogP contribution in [0, 0.1) is 13.8 Å². The van der Waals surface area contributed by atoms with Crippen molar-refractivity contribution >= 4 is 35.1 Å². The van der Waals surface area contributed by atoms with Gasteiger partial charge in [-0.1, -0.05) is 31.0 Å². The standard InChI is InChI=1S/C21H24ClN3O4/c1-5-6-11-23-20(27)18-14(9-8-13(3)24-18)19(26)25-17-12(2)7-10-15(22)16(17)21(28)29-4/h7-10H,5-6,11H2,1-4H3,(H,23,27)(H,25,26). The van der Waals surface area contributed by atoms with Gasteiger partial charge in [0.25, 0.3) is 11.8 Å². The maximum atomic E-state index is 13.0. The van der Waals surface area contributed by atoms with E-state index in [1.165, 1.54) is 13.2 Å². The van der Waals surface area contributed by atoms with Crippen LogP contribution in [0.5, 0.6) is 0 Å². The number of rotatable bonds is 7. The molecule has 0 aliphatic carbocycles. The minimum Gasteiger partial charge on any atom is -0.465 e. The second-order valence-electron chi connectivity index (χ2n) is 6.52. The second-order valence-corrected chi connectivity index (χ2v) is 6.93. The van der Waals surface area contributed by atoms with Gasteiger partial charge in [0.1, 0.15) is 11.3 Å². The quantitative estimate of drug-likeness (QED) is 0.525. The van der Waals surface area contributed by atoms with Gasteiger partial charge >= 0.3 is 5.97 Å². The van der Waals surface area contributed by atoms with Crippen molar-refractivity contribution in [3.63, 3.8) is 0 Å². The second kappa shape index (κ2) is 10.0. The number of pyridine rings is 1. The number of aryl methyl sites for hydroxylation is 2. The molecule has 0 radical (unpaired) electrons. The monoisotopic (exact) mass is 417 g/mol. The summed E-state index contributed by atoms with van der Waals surface area (Å²) in [5, 5.41) is 5.61. The molecule has 1 aromatic carbocycles.